The topological polar surface area (TPSA) is 75.3 Å². The fraction of sp³-hybridized carbons (Fsp3) is 0.150. The Balaban J connectivity index is 1.64. The molecule has 0 aliphatic carbocycles. The largest absolute Gasteiger partial charge is 0.352 e. The Labute approximate surface area is 153 Å². The van der Waals surface area contributed by atoms with Gasteiger partial charge in [0.05, 0.1) is 11.3 Å². The lowest BCUT2D eigenvalue weighted by atomic mass is 10.0. The SMILES string of the molecule is CNS(=O)(=O)c1ccc(CNC(=O)Cc2cccc3ccccc23)cc1. The van der Waals surface area contributed by atoms with E-state index in [9.17, 15) is 13.2 Å². The van der Waals surface area contributed by atoms with Crippen LogP contribution in [0.15, 0.2) is 71.6 Å². The van der Waals surface area contributed by atoms with E-state index in [0.29, 0.717) is 13.0 Å². The molecule has 5 nitrogen and oxygen atoms in total. The van der Waals surface area contributed by atoms with E-state index in [1.807, 2.05) is 42.5 Å². The first-order valence-electron chi connectivity index (χ1n) is 8.25. The summed E-state index contributed by atoms with van der Waals surface area (Å²) in [5.41, 5.74) is 1.82. The molecule has 0 spiro atoms. The van der Waals surface area contributed by atoms with E-state index in [2.05, 4.69) is 10.0 Å². The van der Waals surface area contributed by atoms with Crippen LogP contribution in [0.2, 0.25) is 0 Å². The average Bonchev–Trinajstić information content (AvgIpc) is 2.67. The van der Waals surface area contributed by atoms with Crippen LogP contribution in [-0.2, 0) is 27.8 Å². The molecule has 0 saturated carbocycles. The maximum Gasteiger partial charge on any atom is 0.240 e. The second-order valence-corrected chi connectivity index (χ2v) is 7.83. The molecule has 0 heterocycles. The summed E-state index contributed by atoms with van der Waals surface area (Å²) < 4.78 is 25.7. The number of nitrogens with one attached hydrogen (secondary N) is 2. The third-order valence-electron chi connectivity index (χ3n) is 4.22. The highest BCUT2D eigenvalue weighted by molar-refractivity contribution is 7.89. The highest BCUT2D eigenvalue weighted by Gasteiger charge is 2.11. The summed E-state index contributed by atoms with van der Waals surface area (Å²) in [6.45, 7) is 0.351. The van der Waals surface area contributed by atoms with Gasteiger partial charge in [0.2, 0.25) is 15.9 Å². The molecule has 0 bridgehead atoms. The fourth-order valence-corrected chi connectivity index (χ4v) is 3.52. The van der Waals surface area contributed by atoms with Gasteiger partial charge in [0, 0.05) is 6.54 Å². The Morgan fingerprint density at radius 1 is 0.923 bits per heavy atom. The van der Waals surface area contributed by atoms with Crippen LogP contribution in [0.3, 0.4) is 0 Å². The standard InChI is InChI=1S/C20H20N2O3S/c1-21-26(24,25)18-11-9-15(10-12-18)14-22-20(23)13-17-7-4-6-16-5-2-3-8-19(16)17/h2-12,21H,13-14H2,1H3,(H,22,23). The van der Waals surface area contributed by atoms with E-state index in [1.54, 1.807) is 12.1 Å². The lowest BCUT2D eigenvalue weighted by Gasteiger charge is -2.09. The highest BCUT2D eigenvalue weighted by atomic mass is 32.2. The number of sulfonamides is 1. The molecule has 0 saturated heterocycles. The third-order valence-corrected chi connectivity index (χ3v) is 5.65. The number of benzene rings is 3. The number of fused-ring (bicyclic) bond motifs is 1. The van der Waals surface area contributed by atoms with Crippen molar-refractivity contribution >= 4 is 26.7 Å². The van der Waals surface area contributed by atoms with Crippen LogP contribution in [0.25, 0.3) is 10.8 Å². The van der Waals surface area contributed by atoms with Crippen molar-refractivity contribution in [3.05, 3.63) is 77.9 Å². The number of carbonyl (C=O) groups is 1. The first-order valence-corrected chi connectivity index (χ1v) is 9.74. The molecule has 3 aromatic carbocycles. The number of rotatable bonds is 6. The molecule has 0 atom stereocenters. The monoisotopic (exact) mass is 368 g/mol. The fourth-order valence-electron chi connectivity index (χ4n) is 2.79. The summed E-state index contributed by atoms with van der Waals surface area (Å²) in [5.74, 6) is -0.0757. The van der Waals surface area contributed by atoms with Crippen LogP contribution in [-0.4, -0.2) is 21.4 Å². The lowest BCUT2D eigenvalue weighted by molar-refractivity contribution is -0.120. The molecule has 1 amide bonds. The minimum Gasteiger partial charge on any atom is -0.352 e. The molecule has 3 aromatic rings. The smallest absolute Gasteiger partial charge is 0.240 e. The van der Waals surface area contributed by atoms with Crippen molar-refractivity contribution in [2.75, 3.05) is 7.05 Å². The molecular weight excluding hydrogens is 348 g/mol. The number of carbonyl (C=O) groups excluding carboxylic acids is 1. The maximum atomic E-state index is 12.3. The van der Waals surface area contributed by atoms with Crippen molar-refractivity contribution in [1.82, 2.24) is 10.0 Å². The molecule has 6 heteroatoms. The van der Waals surface area contributed by atoms with Gasteiger partial charge in [-0.1, -0.05) is 54.6 Å². The molecular formula is C20H20N2O3S. The van der Waals surface area contributed by atoms with Crippen molar-refractivity contribution in [2.24, 2.45) is 0 Å². The molecule has 2 N–H and O–H groups in total. The summed E-state index contributed by atoms with van der Waals surface area (Å²) in [7, 11) is -2.07. The Bertz CT molecular complexity index is 1020. The quantitative estimate of drug-likeness (QED) is 0.702. The Morgan fingerprint density at radius 2 is 1.62 bits per heavy atom. The van der Waals surface area contributed by atoms with E-state index >= 15 is 0 Å². The van der Waals surface area contributed by atoms with E-state index in [0.717, 1.165) is 21.9 Å². The van der Waals surface area contributed by atoms with E-state index < -0.39 is 10.0 Å². The van der Waals surface area contributed by atoms with Gasteiger partial charge in [0.15, 0.2) is 0 Å². The van der Waals surface area contributed by atoms with Crippen molar-refractivity contribution < 1.29 is 13.2 Å². The summed E-state index contributed by atoms with van der Waals surface area (Å²) in [4.78, 5) is 12.5. The van der Waals surface area contributed by atoms with E-state index in [1.165, 1.54) is 19.2 Å². The molecule has 0 radical (unpaired) electrons. The van der Waals surface area contributed by atoms with Gasteiger partial charge in [-0.3, -0.25) is 4.79 Å². The molecule has 0 aliphatic rings. The van der Waals surface area contributed by atoms with Crippen LogP contribution in [0, 0.1) is 0 Å². The second-order valence-electron chi connectivity index (χ2n) is 5.94. The highest BCUT2D eigenvalue weighted by Crippen LogP contribution is 2.19. The Kier molecular flexibility index (Phi) is 5.35. The van der Waals surface area contributed by atoms with E-state index in [4.69, 9.17) is 0 Å². The number of hydrogen-bond acceptors (Lipinski definition) is 3. The van der Waals surface area contributed by atoms with Crippen LogP contribution in [0.4, 0.5) is 0 Å². The van der Waals surface area contributed by atoms with Crippen molar-refractivity contribution in [1.29, 1.82) is 0 Å². The van der Waals surface area contributed by atoms with E-state index in [-0.39, 0.29) is 10.8 Å². The zero-order chi connectivity index (χ0) is 18.6. The first-order chi connectivity index (χ1) is 12.5. The summed E-state index contributed by atoms with van der Waals surface area (Å²) in [6.07, 6.45) is 0.299. The third kappa shape index (κ3) is 4.09. The van der Waals surface area contributed by atoms with Gasteiger partial charge < -0.3 is 5.32 Å². The molecule has 134 valence electrons. The molecule has 0 aliphatic heterocycles. The molecule has 26 heavy (non-hydrogen) atoms. The lowest BCUT2D eigenvalue weighted by Crippen LogP contribution is -2.24. The van der Waals surface area contributed by atoms with Gasteiger partial charge >= 0.3 is 0 Å². The van der Waals surface area contributed by atoms with Crippen LogP contribution in [0.1, 0.15) is 11.1 Å². The minimum atomic E-state index is -3.45. The van der Waals surface area contributed by atoms with Crippen molar-refractivity contribution in [2.45, 2.75) is 17.9 Å². The Morgan fingerprint density at radius 3 is 2.35 bits per heavy atom. The molecule has 0 unspecified atom stereocenters. The van der Waals surface area contributed by atoms with Gasteiger partial charge in [0.1, 0.15) is 0 Å². The average molecular weight is 368 g/mol. The predicted octanol–water partition coefficient (Wildman–Crippen LogP) is 2.61. The minimum absolute atomic E-state index is 0.0757. The molecule has 3 rings (SSSR count). The summed E-state index contributed by atoms with van der Waals surface area (Å²) >= 11 is 0. The van der Waals surface area contributed by atoms with Crippen molar-refractivity contribution in [3.63, 3.8) is 0 Å². The van der Waals surface area contributed by atoms with Crippen molar-refractivity contribution in [3.8, 4) is 0 Å². The van der Waals surface area contributed by atoms with Gasteiger partial charge in [0.25, 0.3) is 0 Å². The van der Waals surface area contributed by atoms with Gasteiger partial charge in [-0.2, -0.15) is 0 Å². The summed E-state index contributed by atoms with van der Waals surface area (Å²) in [5, 5.41) is 5.07. The zero-order valence-electron chi connectivity index (χ0n) is 14.4. The number of hydrogen-bond donors (Lipinski definition) is 2. The zero-order valence-corrected chi connectivity index (χ0v) is 15.2. The van der Waals surface area contributed by atoms with Gasteiger partial charge in [-0.25, -0.2) is 13.1 Å². The second kappa shape index (κ2) is 7.68. The van der Waals surface area contributed by atoms with Gasteiger partial charge in [-0.15, -0.1) is 0 Å². The predicted molar refractivity (Wildman–Crippen MR) is 102 cm³/mol. The Hall–Kier alpha value is -2.70. The van der Waals surface area contributed by atoms with Gasteiger partial charge in [-0.05, 0) is 41.1 Å². The normalized spacial score (nSPS) is 11.4. The maximum absolute atomic E-state index is 12.3. The molecule has 0 aromatic heterocycles. The number of amides is 1. The van der Waals surface area contributed by atoms with Crippen LogP contribution < -0.4 is 10.0 Å². The van der Waals surface area contributed by atoms with Crippen LogP contribution in [0.5, 0.6) is 0 Å². The molecule has 0 fully saturated rings. The summed E-state index contributed by atoms with van der Waals surface area (Å²) in [6, 6.07) is 20.4. The first kappa shape index (κ1) is 18.1. The van der Waals surface area contributed by atoms with Crippen LogP contribution >= 0.6 is 0 Å².